The summed E-state index contributed by atoms with van der Waals surface area (Å²) in [7, 11) is 0. The van der Waals surface area contributed by atoms with E-state index in [2.05, 4.69) is 32.6 Å². The van der Waals surface area contributed by atoms with Crippen molar-refractivity contribution in [2.75, 3.05) is 13.1 Å². The van der Waals surface area contributed by atoms with Crippen molar-refractivity contribution in [3.63, 3.8) is 0 Å². The summed E-state index contributed by atoms with van der Waals surface area (Å²) in [5.74, 6) is 1.78. The third-order valence-electron chi connectivity index (χ3n) is 3.93. The minimum absolute atomic E-state index is 0. The molecule has 1 fully saturated rings. The molecule has 2 unspecified atom stereocenters. The zero-order valence-corrected chi connectivity index (χ0v) is 14.4. The Morgan fingerprint density at radius 2 is 1.60 bits per heavy atom. The standard InChI is InChI=1S/C16H32N2O.ClH/c1-12(2)10-18(11-13(3)4)16(19)9-14-7-5-6-8-15(14)17;/h12-15H,5-11,17H2,1-4H3;1H. The van der Waals surface area contributed by atoms with Crippen molar-refractivity contribution in [1.82, 2.24) is 4.90 Å². The molecule has 1 aliphatic rings. The van der Waals surface area contributed by atoms with Crippen LogP contribution in [0.5, 0.6) is 0 Å². The fourth-order valence-electron chi connectivity index (χ4n) is 3.00. The number of hydrogen-bond acceptors (Lipinski definition) is 2. The van der Waals surface area contributed by atoms with Crippen LogP contribution < -0.4 is 5.73 Å². The van der Waals surface area contributed by atoms with Gasteiger partial charge in [0.2, 0.25) is 5.91 Å². The van der Waals surface area contributed by atoms with E-state index in [0.29, 0.717) is 30.1 Å². The predicted molar refractivity (Wildman–Crippen MR) is 88.1 cm³/mol. The van der Waals surface area contributed by atoms with E-state index in [0.717, 1.165) is 25.9 Å². The zero-order chi connectivity index (χ0) is 14.4. The van der Waals surface area contributed by atoms with Crippen molar-refractivity contribution in [2.45, 2.75) is 65.8 Å². The summed E-state index contributed by atoms with van der Waals surface area (Å²) < 4.78 is 0. The molecule has 0 radical (unpaired) electrons. The first-order valence-corrected chi connectivity index (χ1v) is 7.93. The van der Waals surface area contributed by atoms with E-state index in [4.69, 9.17) is 5.73 Å². The van der Waals surface area contributed by atoms with Crippen LogP contribution in [0.15, 0.2) is 0 Å². The van der Waals surface area contributed by atoms with E-state index < -0.39 is 0 Å². The van der Waals surface area contributed by atoms with Gasteiger partial charge in [0.05, 0.1) is 0 Å². The largest absolute Gasteiger partial charge is 0.342 e. The number of carbonyl (C=O) groups excluding carboxylic acids is 1. The van der Waals surface area contributed by atoms with Crippen LogP contribution in [-0.2, 0) is 4.79 Å². The molecule has 0 aromatic heterocycles. The molecule has 0 aliphatic heterocycles. The van der Waals surface area contributed by atoms with Crippen LogP contribution in [0.3, 0.4) is 0 Å². The quantitative estimate of drug-likeness (QED) is 0.817. The second-order valence-electron chi connectivity index (χ2n) is 7.00. The third-order valence-corrected chi connectivity index (χ3v) is 3.93. The molecule has 2 atom stereocenters. The van der Waals surface area contributed by atoms with Crippen LogP contribution in [0.4, 0.5) is 0 Å². The summed E-state index contributed by atoms with van der Waals surface area (Å²) in [6, 6.07) is 0.234. The first kappa shape index (κ1) is 19.7. The van der Waals surface area contributed by atoms with Gasteiger partial charge in [0.25, 0.3) is 0 Å². The van der Waals surface area contributed by atoms with Crippen molar-refractivity contribution in [2.24, 2.45) is 23.5 Å². The van der Waals surface area contributed by atoms with E-state index in [1.165, 1.54) is 12.8 Å². The van der Waals surface area contributed by atoms with Gasteiger partial charge in [-0.1, -0.05) is 40.5 Å². The Labute approximate surface area is 131 Å². The van der Waals surface area contributed by atoms with Crippen molar-refractivity contribution in [3.8, 4) is 0 Å². The lowest BCUT2D eigenvalue weighted by molar-refractivity contribution is -0.133. The Bertz CT molecular complexity index is 272. The van der Waals surface area contributed by atoms with Crippen LogP contribution in [0, 0.1) is 17.8 Å². The maximum Gasteiger partial charge on any atom is 0.222 e. The van der Waals surface area contributed by atoms with Gasteiger partial charge in [0.1, 0.15) is 0 Å². The Morgan fingerprint density at radius 3 is 2.05 bits per heavy atom. The number of carbonyl (C=O) groups is 1. The van der Waals surface area contributed by atoms with Crippen molar-refractivity contribution in [1.29, 1.82) is 0 Å². The number of halogens is 1. The van der Waals surface area contributed by atoms with Gasteiger partial charge >= 0.3 is 0 Å². The highest BCUT2D eigenvalue weighted by Crippen LogP contribution is 2.26. The fraction of sp³-hybridized carbons (Fsp3) is 0.938. The molecule has 2 N–H and O–H groups in total. The van der Waals surface area contributed by atoms with Crippen molar-refractivity contribution < 1.29 is 4.79 Å². The molecule has 1 amide bonds. The van der Waals surface area contributed by atoms with E-state index in [9.17, 15) is 4.79 Å². The first-order valence-electron chi connectivity index (χ1n) is 7.93. The molecule has 0 aromatic carbocycles. The highest BCUT2D eigenvalue weighted by molar-refractivity contribution is 5.85. The molecular formula is C16H33ClN2O. The molecule has 120 valence electrons. The van der Waals surface area contributed by atoms with Crippen LogP contribution >= 0.6 is 12.4 Å². The predicted octanol–water partition coefficient (Wildman–Crippen LogP) is 3.46. The summed E-state index contributed by atoms with van der Waals surface area (Å²) in [4.78, 5) is 14.6. The Balaban J connectivity index is 0.00000361. The molecule has 1 saturated carbocycles. The number of hydrogen-bond donors (Lipinski definition) is 1. The summed E-state index contributed by atoms with van der Waals surface area (Å²) in [5.41, 5.74) is 6.16. The second kappa shape index (κ2) is 9.62. The topological polar surface area (TPSA) is 46.3 Å². The summed E-state index contributed by atoms with van der Waals surface area (Å²) in [5, 5.41) is 0. The second-order valence-corrected chi connectivity index (χ2v) is 7.00. The van der Waals surface area contributed by atoms with Crippen LogP contribution in [0.1, 0.15) is 59.8 Å². The highest BCUT2D eigenvalue weighted by Gasteiger charge is 2.26. The number of amides is 1. The van der Waals surface area contributed by atoms with Gasteiger partial charge in [-0.25, -0.2) is 0 Å². The minimum Gasteiger partial charge on any atom is -0.342 e. The molecule has 20 heavy (non-hydrogen) atoms. The third kappa shape index (κ3) is 6.94. The lowest BCUT2D eigenvalue weighted by Gasteiger charge is -2.32. The van der Waals surface area contributed by atoms with Crippen LogP contribution in [0.25, 0.3) is 0 Å². The smallest absolute Gasteiger partial charge is 0.222 e. The fourth-order valence-corrected chi connectivity index (χ4v) is 3.00. The molecule has 1 aliphatic carbocycles. The highest BCUT2D eigenvalue weighted by atomic mass is 35.5. The molecule has 4 heteroatoms. The Kier molecular flexibility index (Phi) is 9.48. The van der Waals surface area contributed by atoms with Crippen molar-refractivity contribution in [3.05, 3.63) is 0 Å². The molecular weight excluding hydrogens is 272 g/mol. The monoisotopic (exact) mass is 304 g/mol. The Morgan fingerprint density at radius 1 is 1.10 bits per heavy atom. The molecule has 0 bridgehead atoms. The number of nitrogens with two attached hydrogens (primary N) is 1. The lowest BCUT2D eigenvalue weighted by Crippen LogP contribution is -2.41. The van der Waals surface area contributed by atoms with Gasteiger partial charge in [-0.2, -0.15) is 0 Å². The van der Waals surface area contributed by atoms with Gasteiger partial charge in [-0.15, -0.1) is 12.4 Å². The molecule has 3 nitrogen and oxygen atoms in total. The van der Waals surface area contributed by atoms with Gasteiger partial charge in [0, 0.05) is 25.6 Å². The Hall–Kier alpha value is -0.280. The van der Waals surface area contributed by atoms with E-state index >= 15 is 0 Å². The summed E-state index contributed by atoms with van der Waals surface area (Å²) in [6.45, 7) is 10.4. The van der Waals surface area contributed by atoms with Gasteiger partial charge < -0.3 is 10.6 Å². The minimum atomic E-state index is 0. The summed E-state index contributed by atoms with van der Waals surface area (Å²) >= 11 is 0. The van der Waals surface area contributed by atoms with Crippen LogP contribution in [0.2, 0.25) is 0 Å². The average Bonchev–Trinajstić information content (AvgIpc) is 2.30. The van der Waals surface area contributed by atoms with E-state index in [1.54, 1.807) is 0 Å². The molecule has 0 heterocycles. The van der Waals surface area contributed by atoms with Gasteiger partial charge in [-0.05, 0) is 30.6 Å². The zero-order valence-electron chi connectivity index (χ0n) is 13.6. The van der Waals surface area contributed by atoms with Gasteiger partial charge in [0.15, 0.2) is 0 Å². The maximum atomic E-state index is 12.5. The number of nitrogens with zero attached hydrogens (tertiary/aromatic N) is 1. The lowest BCUT2D eigenvalue weighted by atomic mass is 9.82. The summed E-state index contributed by atoms with van der Waals surface area (Å²) in [6.07, 6.45) is 5.34. The van der Waals surface area contributed by atoms with Gasteiger partial charge in [-0.3, -0.25) is 4.79 Å². The van der Waals surface area contributed by atoms with E-state index in [1.807, 2.05) is 0 Å². The SMILES string of the molecule is CC(C)CN(CC(C)C)C(=O)CC1CCCCC1N.Cl. The molecule has 0 saturated heterocycles. The maximum absolute atomic E-state index is 12.5. The molecule has 1 rings (SSSR count). The van der Waals surface area contributed by atoms with E-state index in [-0.39, 0.29) is 18.4 Å². The molecule has 0 aromatic rings. The molecule has 0 spiro atoms. The van der Waals surface area contributed by atoms with Crippen molar-refractivity contribution >= 4 is 18.3 Å². The first-order chi connectivity index (χ1) is 8.90. The van der Waals surface area contributed by atoms with Crippen LogP contribution in [-0.4, -0.2) is 29.9 Å². The number of rotatable bonds is 6. The average molecular weight is 305 g/mol. The normalized spacial score (nSPS) is 22.8.